The van der Waals surface area contributed by atoms with Gasteiger partial charge in [0.15, 0.2) is 11.9 Å². The van der Waals surface area contributed by atoms with Crippen molar-refractivity contribution < 1.29 is 4.79 Å². The number of aldehydes is 1. The molecule has 15 heavy (non-hydrogen) atoms. The molecule has 2 heterocycles. The van der Waals surface area contributed by atoms with Crippen molar-refractivity contribution in [3.8, 4) is 0 Å². The van der Waals surface area contributed by atoms with E-state index >= 15 is 0 Å². The second-order valence-corrected chi connectivity index (χ2v) is 4.03. The van der Waals surface area contributed by atoms with Crippen molar-refractivity contribution in [2.75, 3.05) is 0 Å². The number of fused-ring (bicyclic) bond motifs is 1. The summed E-state index contributed by atoms with van der Waals surface area (Å²) in [5.41, 5.74) is 2.25. The van der Waals surface area contributed by atoms with Crippen molar-refractivity contribution in [2.45, 2.75) is 20.3 Å². The maximum atomic E-state index is 10.5. The minimum Gasteiger partial charge on any atom is -0.303 e. The molecule has 0 amide bonds. The van der Waals surface area contributed by atoms with Gasteiger partial charge in [0.1, 0.15) is 5.69 Å². The minimum atomic E-state index is 0.427. The lowest BCUT2D eigenvalue weighted by Crippen LogP contribution is -1.93. The maximum Gasteiger partial charge on any atom is 0.169 e. The first-order valence-electron chi connectivity index (χ1n) is 4.98. The minimum absolute atomic E-state index is 0.427. The van der Waals surface area contributed by atoms with Gasteiger partial charge in [-0.25, -0.2) is 9.97 Å². The molecule has 0 spiro atoms. The number of carbonyl (C=O) groups excluding carboxylic acids is 1. The standard InChI is InChI=1S/C11H13N3O/c1-8(2)3-9-5-14-6-10(7-15)12-4-11(14)13-9/h4-8H,3H2,1-2H3. The Hall–Kier alpha value is -1.71. The molecule has 0 aliphatic carbocycles. The first-order chi connectivity index (χ1) is 7.19. The molecule has 0 saturated heterocycles. The Morgan fingerprint density at radius 3 is 2.93 bits per heavy atom. The van der Waals surface area contributed by atoms with Gasteiger partial charge < -0.3 is 4.40 Å². The predicted octanol–water partition coefficient (Wildman–Crippen LogP) is 1.74. The largest absolute Gasteiger partial charge is 0.303 e. The van der Waals surface area contributed by atoms with Gasteiger partial charge in [-0.2, -0.15) is 0 Å². The molecule has 0 saturated carbocycles. The second-order valence-electron chi connectivity index (χ2n) is 4.03. The van der Waals surface area contributed by atoms with Crippen LogP contribution in [-0.4, -0.2) is 20.7 Å². The van der Waals surface area contributed by atoms with E-state index in [0.29, 0.717) is 11.6 Å². The molecule has 78 valence electrons. The molecule has 2 rings (SSSR count). The highest BCUT2D eigenvalue weighted by Crippen LogP contribution is 2.09. The zero-order chi connectivity index (χ0) is 10.8. The molecule has 4 heteroatoms. The van der Waals surface area contributed by atoms with Gasteiger partial charge in [-0.15, -0.1) is 0 Å². The number of nitrogens with zero attached hydrogens (tertiary/aromatic N) is 3. The lowest BCUT2D eigenvalue weighted by Gasteiger charge is -1.97. The van der Waals surface area contributed by atoms with Crippen LogP contribution in [-0.2, 0) is 6.42 Å². The summed E-state index contributed by atoms with van der Waals surface area (Å²) in [6, 6.07) is 0. The number of imidazole rings is 1. The average Bonchev–Trinajstić information content (AvgIpc) is 2.57. The van der Waals surface area contributed by atoms with E-state index < -0.39 is 0 Å². The van der Waals surface area contributed by atoms with Crippen LogP contribution in [0.4, 0.5) is 0 Å². The van der Waals surface area contributed by atoms with Crippen molar-refractivity contribution in [1.29, 1.82) is 0 Å². The molecule has 0 radical (unpaired) electrons. The summed E-state index contributed by atoms with van der Waals surface area (Å²) < 4.78 is 1.84. The predicted molar refractivity (Wildman–Crippen MR) is 56.9 cm³/mol. The molecule has 0 unspecified atom stereocenters. The second kappa shape index (κ2) is 3.81. The number of hydrogen-bond donors (Lipinski definition) is 0. The van der Waals surface area contributed by atoms with E-state index in [0.717, 1.165) is 24.0 Å². The van der Waals surface area contributed by atoms with E-state index in [9.17, 15) is 4.79 Å². The molecule has 0 fully saturated rings. The third kappa shape index (κ3) is 2.03. The van der Waals surface area contributed by atoms with Crippen molar-refractivity contribution in [2.24, 2.45) is 5.92 Å². The van der Waals surface area contributed by atoms with E-state index in [2.05, 4.69) is 23.8 Å². The number of carbonyl (C=O) groups is 1. The Bertz CT molecular complexity index is 488. The number of hydrogen-bond acceptors (Lipinski definition) is 3. The molecule has 4 nitrogen and oxygen atoms in total. The number of rotatable bonds is 3. The van der Waals surface area contributed by atoms with Crippen LogP contribution in [0.5, 0.6) is 0 Å². The summed E-state index contributed by atoms with van der Waals surface area (Å²) in [5, 5.41) is 0. The van der Waals surface area contributed by atoms with Crippen molar-refractivity contribution in [1.82, 2.24) is 14.4 Å². The monoisotopic (exact) mass is 203 g/mol. The molecule has 0 atom stereocenters. The summed E-state index contributed by atoms with van der Waals surface area (Å²) in [5.74, 6) is 0.577. The fraction of sp³-hybridized carbons (Fsp3) is 0.364. The van der Waals surface area contributed by atoms with Crippen LogP contribution in [0.1, 0.15) is 30.0 Å². The van der Waals surface area contributed by atoms with Crippen LogP contribution in [0.15, 0.2) is 18.6 Å². The lowest BCUT2D eigenvalue weighted by molar-refractivity contribution is 0.111. The summed E-state index contributed by atoms with van der Waals surface area (Å²) >= 11 is 0. The van der Waals surface area contributed by atoms with Crippen LogP contribution in [0, 0.1) is 5.92 Å². The average molecular weight is 203 g/mol. The Balaban J connectivity index is 2.42. The fourth-order valence-electron chi connectivity index (χ4n) is 1.54. The van der Waals surface area contributed by atoms with E-state index in [4.69, 9.17) is 0 Å². The van der Waals surface area contributed by atoms with Gasteiger partial charge in [-0.3, -0.25) is 4.79 Å². The first-order valence-corrected chi connectivity index (χ1v) is 4.98. The van der Waals surface area contributed by atoms with Crippen LogP contribution in [0.2, 0.25) is 0 Å². The quantitative estimate of drug-likeness (QED) is 0.714. The third-order valence-electron chi connectivity index (χ3n) is 2.15. The van der Waals surface area contributed by atoms with Gasteiger partial charge in [-0.1, -0.05) is 13.8 Å². The molecule has 0 N–H and O–H groups in total. The van der Waals surface area contributed by atoms with E-state index in [1.54, 1.807) is 12.4 Å². The Morgan fingerprint density at radius 2 is 2.27 bits per heavy atom. The van der Waals surface area contributed by atoms with Gasteiger partial charge in [-0.05, 0) is 12.3 Å². The van der Waals surface area contributed by atoms with Crippen LogP contribution in [0.25, 0.3) is 5.65 Å². The lowest BCUT2D eigenvalue weighted by atomic mass is 10.1. The SMILES string of the molecule is CC(C)Cc1cn2cc(C=O)ncc2n1. The van der Waals surface area contributed by atoms with Gasteiger partial charge in [0.2, 0.25) is 0 Å². The van der Waals surface area contributed by atoms with Crippen LogP contribution < -0.4 is 0 Å². The molecule has 2 aromatic heterocycles. The zero-order valence-corrected chi connectivity index (χ0v) is 8.84. The van der Waals surface area contributed by atoms with E-state index in [1.807, 2.05) is 10.6 Å². The molecule has 0 aromatic carbocycles. The highest BCUT2D eigenvalue weighted by atomic mass is 16.1. The van der Waals surface area contributed by atoms with Crippen molar-refractivity contribution in [3.05, 3.63) is 30.0 Å². The first kappa shape index (κ1) is 9.83. The molecule has 0 aliphatic heterocycles. The van der Waals surface area contributed by atoms with Gasteiger partial charge >= 0.3 is 0 Å². The van der Waals surface area contributed by atoms with Gasteiger partial charge in [0, 0.05) is 12.4 Å². The highest BCUT2D eigenvalue weighted by molar-refractivity contribution is 5.71. The van der Waals surface area contributed by atoms with E-state index in [-0.39, 0.29) is 0 Å². The molecular formula is C11H13N3O. The Kier molecular flexibility index (Phi) is 2.49. The van der Waals surface area contributed by atoms with Crippen molar-refractivity contribution >= 4 is 11.9 Å². The van der Waals surface area contributed by atoms with E-state index in [1.165, 1.54) is 0 Å². The number of aromatic nitrogens is 3. The summed E-state index contributed by atoms with van der Waals surface area (Å²) in [7, 11) is 0. The molecule has 0 aliphatic rings. The van der Waals surface area contributed by atoms with Crippen LogP contribution in [0.3, 0.4) is 0 Å². The summed E-state index contributed by atoms with van der Waals surface area (Å²) in [6.07, 6.45) is 6.94. The molecular weight excluding hydrogens is 190 g/mol. The van der Waals surface area contributed by atoms with Gasteiger partial charge in [0.25, 0.3) is 0 Å². The smallest absolute Gasteiger partial charge is 0.169 e. The topological polar surface area (TPSA) is 47.3 Å². The Morgan fingerprint density at radius 1 is 1.47 bits per heavy atom. The van der Waals surface area contributed by atoms with Crippen LogP contribution >= 0.6 is 0 Å². The molecule has 0 bridgehead atoms. The highest BCUT2D eigenvalue weighted by Gasteiger charge is 2.04. The zero-order valence-electron chi connectivity index (χ0n) is 8.84. The summed E-state index contributed by atoms with van der Waals surface area (Å²) in [6.45, 7) is 4.30. The van der Waals surface area contributed by atoms with Gasteiger partial charge in [0.05, 0.1) is 11.9 Å². The molecule has 2 aromatic rings. The normalized spacial score (nSPS) is 11.1. The summed E-state index contributed by atoms with van der Waals surface area (Å²) in [4.78, 5) is 18.9. The fourth-order valence-corrected chi connectivity index (χ4v) is 1.54. The third-order valence-corrected chi connectivity index (χ3v) is 2.15. The van der Waals surface area contributed by atoms with Crippen molar-refractivity contribution in [3.63, 3.8) is 0 Å². The Labute approximate surface area is 88.0 Å². The maximum absolute atomic E-state index is 10.5.